The largest absolute Gasteiger partial charge is 0.497 e. The summed E-state index contributed by atoms with van der Waals surface area (Å²) in [5.41, 5.74) is 0.398. The first-order valence-electron chi connectivity index (χ1n) is 5.16. The van der Waals surface area contributed by atoms with Crippen molar-refractivity contribution in [1.82, 2.24) is 4.98 Å². The highest BCUT2D eigenvalue weighted by molar-refractivity contribution is 6.30. The predicted molar refractivity (Wildman–Crippen MR) is 67.2 cm³/mol. The number of benzene rings is 1. The minimum atomic E-state index is -0.488. The maximum Gasteiger partial charge on any atom is 0.343 e. The Morgan fingerprint density at radius 3 is 2.78 bits per heavy atom. The van der Waals surface area contributed by atoms with Crippen molar-refractivity contribution < 1.29 is 14.3 Å². The fourth-order valence-corrected chi connectivity index (χ4v) is 1.53. The van der Waals surface area contributed by atoms with Gasteiger partial charge >= 0.3 is 5.97 Å². The van der Waals surface area contributed by atoms with E-state index in [2.05, 4.69) is 4.98 Å². The molecule has 92 valence electrons. The van der Waals surface area contributed by atoms with Crippen molar-refractivity contribution in [3.05, 3.63) is 53.3 Å². The fraction of sp³-hybridized carbons (Fsp3) is 0.0769. The van der Waals surface area contributed by atoms with Gasteiger partial charge in [-0.3, -0.25) is 4.98 Å². The van der Waals surface area contributed by atoms with Crippen molar-refractivity contribution in [2.45, 2.75) is 0 Å². The third kappa shape index (κ3) is 2.99. The number of esters is 1. The molecule has 0 aliphatic rings. The van der Waals surface area contributed by atoms with Crippen molar-refractivity contribution in [3.8, 4) is 11.5 Å². The van der Waals surface area contributed by atoms with Gasteiger partial charge in [-0.15, -0.1) is 0 Å². The number of halogens is 1. The average Bonchev–Trinajstić information content (AvgIpc) is 2.39. The zero-order chi connectivity index (χ0) is 13.0. The molecular formula is C13H10ClNO3. The Kier molecular flexibility index (Phi) is 3.79. The number of ether oxygens (including phenoxy) is 2. The first-order valence-corrected chi connectivity index (χ1v) is 5.53. The highest BCUT2D eigenvalue weighted by Gasteiger charge is 2.09. The molecule has 0 atom stereocenters. The summed E-state index contributed by atoms with van der Waals surface area (Å²) in [6, 6.07) is 8.22. The van der Waals surface area contributed by atoms with E-state index in [9.17, 15) is 4.79 Å². The Hall–Kier alpha value is -2.07. The Bertz CT molecular complexity index is 572. The fourth-order valence-electron chi connectivity index (χ4n) is 1.36. The van der Waals surface area contributed by atoms with Crippen molar-refractivity contribution in [2.24, 2.45) is 0 Å². The van der Waals surface area contributed by atoms with Gasteiger partial charge in [0.2, 0.25) is 0 Å². The summed E-state index contributed by atoms with van der Waals surface area (Å²) in [7, 11) is 1.53. The molecule has 2 aromatic rings. The molecule has 0 aliphatic heterocycles. The molecular weight excluding hydrogens is 254 g/mol. The zero-order valence-corrected chi connectivity index (χ0v) is 10.3. The number of hydrogen-bond acceptors (Lipinski definition) is 4. The van der Waals surface area contributed by atoms with Crippen LogP contribution in [0.2, 0.25) is 5.02 Å². The molecule has 1 aromatic carbocycles. The van der Waals surface area contributed by atoms with E-state index in [1.165, 1.54) is 25.6 Å². The smallest absolute Gasteiger partial charge is 0.343 e. The van der Waals surface area contributed by atoms with E-state index < -0.39 is 5.97 Å². The Morgan fingerprint density at radius 1 is 1.22 bits per heavy atom. The van der Waals surface area contributed by atoms with Gasteiger partial charge in [0.1, 0.15) is 5.75 Å². The molecule has 0 radical (unpaired) electrons. The van der Waals surface area contributed by atoms with Crippen molar-refractivity contribution in [1.29, 1.82) is 0 Å². The maximum atomic E-state index is 11.8. The van der Waals surface area contributed by atoms with Gasteiger partial charge < -0.3 is 9.47 Å². The summed E-state index contributed by atoms with van der Waals surface area (Å²) in [6.07, 6.45) is 2.88. The standard InChI is InChI=1S/C13H10ClNO3/c1-17-11-4-2-3-9(5-11)13(16)18-12-6-10(14)7-15-8-12/h2-8H,1H3. The molecule has 2 rings (SSSR count). The van der Waals surface area contributed by atoms with Crippen molar-refractivity contribution >= 4 is 17.6 Å². The van der Waals surface area contributed by atoms with Crippen LogP contribution in [0.4, 0.5) is 0 Å². The third-order valence-corrected chi connectivity index (χ3v) is 2.40. The SMILES string of the molecule is COc1cccc(C(=O)Oc2cncc(Cl)c2)c1. The van der Waals surface area contributed by atoms with Crippen molar-refractivity contribution in [3.63, 3.8) is 0 Å². The topological polar surface area (TPSA) is 48.4 Å². The number of rotatable bonds is 3. The molecule has 0 spiro atoms. The molecule has 0 unspecified atom stereocenters. The van der Waals surface area contributed by atoms with Gasteiger partial charge in [0.05, 0.1) is 23.9 Å². The monoisotopic (exact) mass is 263 g/mol. The molecule has 1 heterocycles. The lowest BCUT2D eigenvalue weighted by Gasteiger charge is -2.05. The summed E-state index contributed by atoms with van der Waals surface area (Å²) in [4.78, 5) is 15.7. The summed E-state index contributed by atoms with van der Waals surface area (Å²) < 4.78 is 10.2. The number of carbonyl (C=O) groups excluding carboxylic acids is 1. The van der Waals surface area contributed by atoms with E-state index in [0.717, 1.165) is 0 Å². The molecule has 4 nitrogen and oxygen atoms in total. The Balaban J connectivity index is 2.16. The highest BCUT2D eigenvalue weighted by atomic mass is 35.5. The molecule has 1 aromatic heterocycles. The van der Waals surface area contributed by atoms with Crippen LogP contribution < -0.4 is 9.47 Å². The quantitative estimate of drug-likeness (QED) is 0.799. The lowest BCUT2D eigenvalue weighted by molar-refractivity contribution is 0.0734. The van der Waals surface area contributed by atoms with Crippen LogP contribution in [0.1, 0.15) is 10.4 Å². The van der Waals surface area contributed by atoms with Gasteiger partial charge in [-0.1, -0.05) is 17.7 Å². The molecule has 0 saturated carbocycles. The van der Waals surface area contributed by atoms with E-state index in [0.29, 0.717) is 22.1 Å². The molecule has 5 heteroatoms. The maximum absolute atomic E-state index is 11.8. The van der Waals surface area contributed by atoms with Crippen LogP contribution in [-0.4, -0.2) is 18.1 Å². The van der Waals surface area contributed by atoms with Crippen LogP contribution >= 0.6 is 11.6 Å². The van der Waals surface area contributed by atoms with Gasteiger partial charge in [0, 0.05) is 12.3 Å². The summed E-state index contributed by atoms with van der Waals surface area (Å²) >= 11 is 5.75. The van der Waals surface area contributed by atoms with Gasteiger partial charge in [-0.2, -0.15) is 0 Å². The molecule has 0 fully saturated rings. The molecule has 0 aliphatic carbocycles. The molecule has 18 heavy (non-hydrogen) atoms. The van der Waals surface area contributed by atoms with E-state index in [4.69, 9.17) is 21.1 Å². The minimum absolute atomic E-state index is 0.301. The van der Waals surface area contributed by atoms with Gasteiger partial charge in [0.25, 0.3) is 0 Å². The Morgan fingerprint density at radius 2 is 2.06 bits per heavy atom. The molecule has 0 bridgehead atoms. The molecule has 0 amide bonds. The van der Waals surface area contributed by atoms with E-state index >= 15 is 0 Å². The lowest BCUT2D eigenvalue weighted by Crippen LogP contribution is -2.08. The first-order chi connectivity index (χ1) is 8.69. The first kappa shape index (κ1) is 12.4. The summed E-state index contributed by atoms with van der Waals surface area (Å²) in [5, 5.41) is 0.408. The number of methoxy groups -OCH3 is 1. The van der Waals surface area contributed by atoms with Crippen LogP contribution in [0.5, 0.6) is 11.5 Å². The lowest BCUT2D eigenvalue weighted by atomic mass is 10.2. The molecule has 0 saturated heterocycles. The van der Waals surface area contributed by atoms with Crippen LogP contribution in [0.3, 0.4) is 0 Å². The van der Waals surface area contributed by atoms with Gasteiger partial charge in [-0.05, 0) is 18.2 Å². The van der Waals surface area contributed by atoms with Crippen LogP contribution in [0, 0.1) is 0 Å². The van der Waals surface area contributed by atoms with Crippen LogP contribution in [-0.2, 0) is 0 Å². The zero-order valence-electron chi connectivity index (χ0n) is 9.59. The highest BCUT2D eigenvalue weighted by Crippen LogP contribution is 2.18. The van der Waals surface area contributed by atoms with E-state index in [1.54, 1.807) is 24.3 Å². The number of carbonyl (C=O) groups is 1. The average molecular weight is 264 g/mol. The number of pyridine rings is 1. The number of aromatic nitrogens is 1. The van der Waals surface area contributed by atoms with E-state index in [1.807, 2.05) is 0 Å². The summed E-state index contributed by atoms with van der Waals surface area (Å²) in [5.74, 6) is 0.405. The second-order valence-electron chi connectivity index (χ2n) is 3.46. The Labute approximate surface area is 109 Å². The second-order valence-corrected chi connectivity index (χ2v) is 3.90. The van der Waals surface area contributed by atoms with Gasteiger partial charge in [0.15, 0.2) is 5.75 Å². The number of nitrogens with zero attached hydrogens (tertiary/aromatic N) is 1. The molecule has 0 N–H and O–H groups in total. The minimum Gasteiger partial charge on any atom is -0.497 e. The summed E-state index contributed by atoms with van der Waals surface area (Å²) in [6.45, 7) is 0. The second kappa shape index (κ2) is 5.51. The van der Waals surface area contributed by atoms with Crippen LogP contribution in [0.25, 0.3) is 0 Å². The van der Waals surface area contributed by atoms with Crippen LogP contribution in [0.15, 0.2) is 42.7 Å². The van der Waals surface area contributed by atoms with Gasteiger partial charge in [-0.25, -0.2) is 4.79 Å². The normalized spacial score (nSPS) is 9.89. The number of hydrogen-bond donors (Lipinski definition) is 0. The third-order valence-electron chi connectivity index (χ3n) is 2.20. The van der Waals surface area contributed by atoms with E-state index in [-0.39, 0.29) is 0 Å². The predicted octanol–water partition coefficient (Wildman–Crippen LogP) is 2.96. The van der Waals surface area contributed by atoms with Crippen molar-refractivity contribution in [2.75, 3.05) is 7.11 Å².